The lowest BCUT2D eigenvalue weighted by atomic mass is 10.1. The van der Waals surface area contributed by atoms with Crippen LogP contribution in [0.15, 0.2) is 18.2 Å². The number of nitrogens with one attached hydrogen (secondary N) is 1. The van der Waals surface area contributed by atoms with E-state index in [2.05, 4.69) is 25.7 Å². The molecule has 0 radical (unpaired) electrons. The summed E-state index contributed by atoms with van der Waals surface area (Å²) in [6, 6.07) is 6.14. The van der Waals surface area contributed by atoms with Gasteiger partial charge in [0.25, 0.3) is 0 Å². The molecule has 3 rings (SSSR count). The second-order valence-corrected chi connectivity index (χ2v) is 5.31. The third-order valence-electron chi connectivity index (χ3n) is 3.51. The maximum absolute atomic E-state index is 6.26. The van der Waals surface area contributed by atoms with E-state index in [1.165, 1.54) is 0 Å². The third-order valence-corrected chi connectivity index (χ3v) is 3.78. The van der Waals surface area contributed by atoms with E-state index in [0.717, 1.165) is 36.7 Å². The van der Waals surface area contributed by atoms with Crippen LogP contribution in [-0.2, 0) is 0 Å². The van der Waals surface area contributed by atoms with Crippen molar-refractivity contribution in [2.75, 3.05) is 32.1 Å². The van der Waals surface area contributed by atoms with Crippen molar-refractivity contribution >= 4 is 22.9 Å². The molecule has 3 heterocycles. The van der Waals surface area contributed by atoms with E-state index in [1.807, 2.05) is 26.2 Å². The molecule has 18 heavy (non-hydrogen) atoms. The first-order valence-electron chi connectivity index (χ1n) is 6.23. The average molecular weight is 265 g/mol. The Morgan fingerprint density at radius 1 is 1.44 bits per heavy atom. The Balaban J connectivity index is 2.24. The van der Waals surface area contributed by atoms with Gasteiger partial charge in [0.15, 0.2) is 5.15 Å². The first kappa shape index (κ1) is 11.8. The Bertz CT molecular complexity index is 570. The van der Waals surface area contributed by atoms with Crippen LogP contribution < -0.4 is 10.2 Å². The zero-order chi connectivity index (χ0) is 12.7. The average Bonchev–Trinajstić information content (AvgIpc) is 2.97. The van der Waals surface area contributed by atoms with E-state index in [1.54, 1.807) is 0 Å². The van der Waals surface area contributed by atoms with Gasteiger partial charge in [0, 0.05) is 26.6 Å². The molecule has 96 valence electrons. The molecular weight excluding hydrogens is 248 g/mol. The van der Waals surface area contributed by atoms with Crippen LogP contribution in [-0.4, -0.2) is 36.6 Å². The summed E-state index contributed by atoms with van der Waals surface area (Å²) in [6.07, 6.45) is 1.12. The Morgan fingerprint density at radius 3 is 2.94 bits per heavy atom. The molecule has 1 saturated heterocycles. The van der Waals surface area contributed by atoms with Gasteiger partial charge in [-0.25, -0.2) is 4.98 Å². The first-order valence-corrected chi connectivity index (χ1v) is 6.61. The summed E-state index contributed by atoms with van der Waals surface area (Å²) in [4.78, 5) is 6.67. The zero-order valence-electron chi connectivity index (χ0n) is 10.7. The van der Waals surface area contributed by atoms with Crippen molar-refractivity contribution in [2.45, 2.75) is 12.3 Å². The third kappa shape index (κ3) is 1.76. The molecule has 2 aromatic rings. The van der Waals surface area contributed by atoms with Crippen LogP contribution in [0.25, 0.3) is 5.52 Å². The number of nitrogens with zero attached hydrogens (tertiary/aromatic N) is 3. The summed E-state index contributed by atoms with van der Waals surface area (Å²) in [5.41, 5.74) is 0.991. The number of hydrogen-bond acceptors (Lipinski definition) is 3. The van der Waals surface area contributed by atoms with Crippen LogP contribution in [0.1, 0.15) is 18.2 Å². The Morgan fingerprint density at radius 2 is 2.28 bits per heavy atom. The predicted molar refractivity (Wildman–Crippen MR) is 74.8 cm³/mol. The van der Waals surface area contributed by atoms with Gasteiger partial charge in [-0.15, -0.1) is 0 Å². The summed E-state index contributed by atoms with van der Waals surface area (Å²) in [6.45, 7) is 2.04. The number of fused-ring (bicyclic) bond motifs is 1. The maximum atomic E-state index is 6.26. The Labute approximate surface area is 112 Å². The minimum Gasteiger partial charge on any atom is -0.364 e. The molecule has 1 aliphatic heterocycles. The van der Waals surface area contributed by atoms with Crippen molar-refractivity contribution in [1.29, 1.82) is 0 Å². The summed E-state index contributed by atoms with van der Waals surface area (Å²) in [5.74, 6) is 2.64. The van der Waals surface area contributed by atoms with Gasteiger partial charge in [0.05, 0.1) is 5.52 Å². The molecule has 0 aliphatic carbocycles. The first-order chi connectivity index (χ1) is 8.68. The highest BCUT2D eigenvalue weighted by molar-refractivity contribution is 6.32. The van der Waals surface area contributed by atoms with E-state index >= 15 is 0 Å². The number of aromatic nitrogens is 2. The van der Waals surface area contributed by atoms with Crippen molar-refractivity contribution in [3.63, 3.8) is 0 Å². The largest absolute Gasteiger partial charge is 0.364 e. The van der Waals surface area contributed by atoms with Crippen molar-refractivity contribution in [1.82, 2.24) is 14.7 Å². The topological polar surface area (TPSA) is 32.6 Å². The molecule has 0 aromatic carbocycles. The molecule has 2 aromatic heterocycles. The molecule has 1 unspecified atom stereocenters. The normalized spacial score (nSPS) is 19.6. The molecular formula is C13H17ClN4. The van der Waals surface area contributed by atoms with Crippen LogP contribution in [0.2, 0.25) is 5.15 Å². The van der Waals surface area contributed by atoms with Crippen LogP contribution in [0, 0.1) is 0 Å². The van der Waals surface area contributed by atoms with Crippen molar-refractivity contribution in [3.8, 4) is 0 Å². The molecule has 0 spiro atoms. The smallest absolute Gasteiger partial charge is 0.155 e. The standard InChI is InChI=1S/C13H17ClN4/c1-17(2)11-5-3-4-10-12(14)16-13(18(10)11)9-6-7-15-8-9/h3-5,9,15H,6-8H2,1-2H3. The lowest BCUT2D eigenvalue weighted by Crippen LogP contribution is -2.16. The van der Waals surface area contributed by atoms with Crippen LogP contribution in [0.5, 0.6) is 0 Å². The highest BCUT2D eigenvalue weighted by atomic mass is 35.5. The van der Waals surface area contributed by atoms with Gasteiger partial charge in [-0.3, -0.25) is 4.40 Å². The highest BCUT2D eigenvalue weighted by Crippen LogP contribution is 2.30. The van der Waals surface area contributed by atoms with E-state index in [-0.39, 0.29) is 0 Å². The summed E-state index contributed by atoms with van der Waals surface area (Å²) < 4.78 is 2.18. The summed E-state index contributed by atoms with van der Waals surface area (Å²) in [7, 11) is 4.08. The molecule has 1 N–H and O–H groups in total. The number of halogens is 1. The van der Waals surface area contributed by atoms with E-state index < -0.39 is 0 Å². The molecule has 0 amide bonds. The molecule has 1 aliphatic rings. The second-order valence-electron chi connectivity index (χ2n) is 4.95. The Hall–Kier alpha value is -1.26. The van der Waals surface area contributed by atoms with Crippen molar-refractivity contribution in [2.24, 2.45) is 0 Å². The minimum absolute atomic E-state index is 0.450. The predicted octanol–water partition coefficient (Wildman–Crippen LogP) is 2.13. The number of anilines is 1. The summed E-state index contributed by atoms with van der Waals surface area (Å²) in [5, 5.41) is 3.98. The van der Waals surface area contributed by atoms with Crippen LogP contribution in [0.4, 0.5) is 5.82 Å². The maximum Gasteiger partial charge on any atom is 0.155 e. The molecule has 5 heteroatoms. The number of imidazole rings is 1. The lowest BCUT2D eigenvalue weighted by molar-refractivity contribution is 0.697. The van der Waals surface area contributed by atoms with Crippen molar-refractivity contribution in [3.05, 3.63) is 29.2 Å². The fraction of sp³-hybridized carbons (Fsp3) is 0.462. The van der Waals surface area contributed by atoms with Gasteiger partial charge < -0.3 is 10.2 Å². The van der Waals surface area contributed by atoms with Crippen LogP contribution in [0.3, 0.4) is 0 Å². The van der Waals surface area contributed by atoms with E-state index in [9.17, 15) is 0 Å². The molecule has 4 nitrogen and oxygen atoms in total. The second kappa shape index (κ2) is 4.44. The monoisotopic (exact) mass is 264 g/mol. The number of hydrogen-bond donors (Lipinski definition) is 1. The number of pyridine rings is 1. The SMILES string of the molecule is CN(C)c1cccc2c(Cl)nc(C3CCNC3)n12. The van der Waals surface area contributed by atoms with Gasteiger partial charge in [0.1, 0.15) is 11.6 Å². The molecule has 0 bridgehead atoms. The van der Waals surface area contributed by atoms with Gasteiger partial charge >= 0.3 is 0 Å². The van der Waals surface area contributed by atoms with Gasteiger partial charge in [-0.05, 0) is 25.1 Å². The minimum atomic E-state index is 0.450. The fourth-order valence-corrected chi connectivity index (χ4v) is 2.84. The van der Waals surface area contributed by atoms with E-state index in [0.29, 0.717) is 11.1 Å². The molecule has 1 atom stereocenters. The summed E-state index contributed by atoms with van der Waals surface area (Å²) >= 11 is 6.26. The molecule has 0 saturated carbocycles. The lowest BCUT2D eigenvalue weighted by Gasteiger charge is -2.17. The van der Waals surface area contributed by atoms with E-state index in [4.69, 9.17) is 11.6 Å². The Kier molecular flexibility index (Phi) is 2.92. The van der Waals surface area contributed by atoms with Gasteiger partial charge in [-0.2, -0.15) is 0 Å². The molecule has 1 fully saturated rings. The zero-order valence-corrected chi connectivity index (χ0v) is 11.4. The van der Waals surface area contributed by atoms with Gasteiger partial charge in [0.2, 0.25) is 0 Å². The number of rotatable bonds is 2. The fourth-order valence-electron chi connectivity index (χ4n) is 2.61. The van der Waals surface area contributed by atoms with Crippen molar-refractivity contribution < 1.29 is 0 Å². The van der Waals surface area contributed by atoms with Gasteiger partial charge in [-0.1, -0.05) is 17.7 Å². The van der Waals surface area contributed by atoms with Crippen LogP contribution >= 0.6 is 11.6 Å². The highest BCUT2D eigenvalue weighted by Gasteiger charge is 2.24. The quantitative estimate of drug-likeness (QED) is 0.902.